The molecular weight excluding hydrogens is 282 g/mol. The zero-order chi connectivity index (χ0) is 15.7. The highest BCUT2D eigenvalue weighted by Gasteiger charge is 2.51. The summed E-state index contributed by atoms with van der Waals surface area (Å²) >= 11 is 0. The van der Waals surface area contributed by atoms with Crippen molar-refractivity contribution in [1.29, 1.82) is 0 Å². The van der Waals surface area contributed by atoms with Gasteiger partial charge in [0.25, 0.3) is 0 Å². The second kappa shape index (κ2) is 5.53. The molecule has 0 radical (unpaired) electrons. The van der Waals surface area contributed by atoms with Gasteiger partial charge in [-0.3, -0.25) is 9.63 Å². The highest BCUT2D eigenvalue weighted by molar-refractivity contribution is 6.03. The summed E-state index contributed by atoms with van der Waals surface area (Å²) in [5, 5.41) is 12.4. The van der Waals surface area contributed by atoms with Gasteiger partial charge in [-0.25, -0.2) is 0 Å². The van der Waals surface area contributed by atoms with Crippen LogP contribution in [-0.2, 0) is 17.1 Å². The first-order valence-corrected chi connectivity index (χ1v) is 6.92. The third-order valence-electron chi connectivity index (χ3n) is 3.94. The van der Waals surface area contributed by atoms with Crippen LogP contribution in [0, 0.1) is 0 Å². The van der Waals surface area contributed by atoms with Gasteiger partial charge in [0.2, 0.25) is 11.5 Å². The average Bonchev–Trinajstić information content (AvgIpc) is 2.87. The van der Waals surface area contributed by atoms with Crippen LogP contribution >= 0.6 is 0 Å². The number of Topliss-reactive ketones (excluding diaryl/α,β-unsaturated/α-hetero) is 1. The lowest BCUT2D eigenvalue weighted by Crippen LogP contribution is -2.47. The molecule has 0 saturated carbocycles. The summed E-state index contributed by atoms with van der Waals surface area (Å²) in [6.45, 7) is 0.304. The number of hydroxylamine groups is 2. The van der Waals surface area contributed by atoms with Crippen molar-refractivity contribution in [2.75, 3.05) is 14.2 Å². The summed E-state index contributed by atoms with van der Waals surface area (Å²) in [7, 11) is 3.01. The Morgan fingerprint density at radius 1 is 1.18 bits per heavy atom. The zero-order valence-electron chi connectivity index (χ0n) is 12.4. The topological polar surface area (TPSA) is 59.0 Å². The van der Waals surface area contributed by atoms with Crippen molar-refractivity contribution in [3.05, 3.63) is 65.2 Å². The van der Waals surface area contributed by atoms with Crippen LogP contribution < -0.4 is 4.74 Å². The first-order chi connectivity index (χ1) is 10.6. The molecule has 2 aromatic rings. The molecule has 0 spiro atoms. The molecule has 1 heterocycles. The normalized spacial score (nSPS) is 20.7. The molecule has 22 heavy (non-hydrogen) atoms. The van der Waals surface area contributed by atoms with Crippen LogP contribution in [0.25, 0.3) is 0 Å². The molecule has 1 unspecified atom stereocenters. The fourth-order valence-electron chi connectivity index (χ4n) is 2.79. The van der Waals surface area contributed by atoms with Crippen LogP contribution in [0.1, 0.15) is 21.5 Å². The maximum Gasteiger partial charge on any atom is 0.232 e. The highest BCUT2D eigenvalue weighted by Crippen LogP contribution is 2.41. The predicted octanol–water partition coefficient (Wildman–Crippen LogP) is 2.10. The van der Waals surface area contributed by atoms with Crippen LogP contribution in [0.5, 0.6) is 5.75 Å². The van der Waals surface area contributed by atoms with Gasteiger partial charge < -0.3 is 9.84 Å². The van der Waals surface area contributed by atoms with Crippen molar-refractivity contribution in [1.82, 2.24) is 5.06 Å². The lowest BCUT2D eigenvalue weighted by atomic mass is 9.93. The number of hydrogen-bond acceptors (Lipinski definition) is 5. The Balaban J connectivity index is 2.10. The van der Waals surface area contributed by atoms with E-state index in [4.69, 9.17) is 9.57 Å². The molecule has 0 amide bonds. The van der Waals surface area contributed by atoms with Gasteiger partial charge in [-0.1, -0.05) is 36.4 Å². The first-order valence-electron chi connectivity index (χ1n) is 6.92. The Morgan fingerprint density at radius 3 is 2.55 bits per heavy atom. The van der Waals surface area contributed by atoms with E-state index in [1.165, 1.54) is 12.2 Å². The molecule has 1 atom stereocenters. The van der Waals surface area contributed by atoms with E-state index >= 15 is 0 Å². The monoisotopic (exact) mass is 299 g/mol. The van der Waals surface area contributed by atoms with Crippen molar-refractivity contribution < 1.29 is 19.5 Å². The Bertz CT molecular complexity index is 701. The molecule has 114 valence electrons. The number of ether oxygens (including phenoxy) is 1. The smallest absolute Gasteiger partial charge is 0.232 e. The molecule has 1 aliphatic rings. The molecule has 0 aliphatic carbocycles. The summed E-state index contributed by atoms with van der Waals surface area (Å²) in [5.74, 6) is 0.255. The summed E-state index contributed by atoms with van der Waals surface area (Å²) < 4.78 is 5.20. The van der Waals surface area contributed by atoms with Gasteiger partial charge >= 0.3 is 0 Å². The van der Waals surface area contributed by atoms with E-state index < -0.39 is 11.5 Å². The van der Waals surface area contributed by atoms with Gasteiger partial charge in [-0.05, 0) is 17.7 Å². The molecule has 1 N–H and O–H groups in total. The fraction of sp³-hybridized carbons (Fsp3) is 0.235. The second-order valence-electron chi connectivity index (χ2n) is 5.11. The Morgan fingerprint density at radius 2 is 1.91 bits per heavy atom. The minimum atomic E-state index is -1.84. The van der Waals surface area contributed by atoms with E-state index in [2.05, 4.69) is 0 Å². The molecule has 5 heteroatoms. The van der Waals surface area contributed by atoms with Gasteiger partial charge in [0, 0.05) is 11.1 Å². The third-order valence-corrected chi connectivity index (χ3v) is 3.94. The van der Waals surface area contributed by atoms with E-state index in [1.807, 2.05) is 6.07 Å². The first kappa shape index (κ1) is 14.7. The molecule has 5 nitrogen and oxygen atoms in total. The summed E-state index contributed by atoms with van der Waals surface area (Å²) in [5.41, 5.74) is -0.0924. The number of fused-ring (bicyclic) bond motifs is 1. The van der Waals surface area contributed by atoms with Crippen molar-refractivity contribution in [2.45, 2.75) is 12.3 Å². The minimum absolute atomic E-state index is 0.304. The maximum absolute atomic E-state index is 12.9. The number of carbonyl (C=O) groups is 1. The van der Waals surface area contributed by atoms with Gasteiger partial charge in [0.1, 0.15) is 5.75 Å². The van der Waals surface area contributed by atoms with Crippen molar-refractivity contribution >= 4 is 5.78 Å². The second-order valence-corrected chi connectivity index (χ2v) is 5.11. The van der Waals surface area contributed by atoms with Gasteiger partial charge in [0.15, 0.2) is 0 Å². The van der Waals surface area contributed by atoms with E-state index in [-0.39, 0.29) is 0 Å². The number of benzene rings is 2. The molecule has 0 bridgehead atoms. The predicted molar refractivity (Wildman–Crippen MR) is 80.2 cm³/mol. The molecule has 3 rings (SSSR count). The Labute approximate surface area is 128 Å². The summed E-state index contributed by atoms with van der Waals surface area (Å²) in [4.78, 5) is 18.1. The van der Waals surface area contributed by atoms with Gasteiger partial charge in [0.05, 0.1) is 20.8 Å². The zero-order valence-corrected chi connectivity index (χ0v) is 12.4. The van der Waals surface area contributed by atoms with E-state index in [1.54, 1.807) is 49.6 Å². The molecule has 2 aromatic carbocycles. The van der Waals surface area contributed by atoms with Crippen LogP contribution in [-0.4, -0.2) is 30.2 Å². The number of ketones is 1. The van der Waals surface area contributed by atoms with E-state index in [0.717, 1.165) is 5.56 Å². The third kappa shape index (κ3) is 2.11. The van der Waals surface area contributed by atoms with Gasteiger partial charge in [-0.2, -0.15) is 0 Å². The standard InChI is InChI=1S/C17H17NO4/c1-21-14-8-9-15-13(10-14)11-18(22-2)17(15,20)16(19)12-6-4-3-5-7-12/h3-10,20H,11H2,1-2H3. The maximum atomic E-state index is 12.9. The van der Waals surface area contributed by atoms with Crippen molar-refractivity contribution in [3.63, 3.8) is 0 Å². The van der Waals surface area contributed by atoms with Crippen LogP contribution in [0.15, 0.2) is 48.5 Å². The van der Waals surface area contributed by atoms with Crippen LogP contribution in [0.2, 0.25) is 0 Å². The van der Waals surface area contributed by atoms with Crippen molar-refractivity contribution in [3.8, 4) is 5.75 Å². The van der Waals surface area contributed by atoms with E-state index in [9.17, 15) is 9.90 Å². The lowest BCUT2D eigenvalue weighted by Gasteiger charge is -2.30. The minimum Gasteiger partial charge on any atom is -0.497 e. The highest BCUT2D eigenvalue weighted by atomic mass is 16.7. The van der Waals surface area contributed by atoms with Crippen molar-refractivity contribution in [2.24, 2.45) is 0 Å². The van der Waals surface area contributed by atoms with Crippen LogP contribution in [0.4, 0.5) is 0 Å². The molecule has 1 aliphatic heterocycles. The van der Waals surface area contributed by atoms with E-state index in [0.29, 0.717) is 23.4 Å². The van der Waals surface area contributed by atoms with Crippen LogP contribution in [0.3, 0.4) is 0 Å². The SMILES string of the molecule is COc1ccc2c(c1)CN(OC)C2(O)C(=O)c1ccccc1. The number of carbonyl (C=O) groups excluding carboxylic acids is 1. The van der Waals surface area contributed by atoms with Gasteiger partial charge in [-0.15, -0.1) is 5.06 Å². The number of rotatable bonds is 4. The number of hydrogen-bond donors (Lipinski definition) is 1. The number of aliphatic hydroxyl groups is 1. The molecule has 0 saturated heterocycles. The number of methoxy groups -OCH3 is 1. The largest absolute Gasteiger partial charge is 0.497 e. The fourth-order valence-corrected chi connectivity index (χ4v) is 2.79. The summed E-state index contributed by atoms with van der Waals surface area (Å²) in [6.07, 6.45) is 0. The quantitative estimate of drug-likeness (QED) is 0.876. The Hall–Kier alpha value is -2.21. The average molecular weight is 299 g/mol. The molecule has 0 aromatic heterocycles. The summed E-state index contributed by atoms with van der Waals surface area (Å²) in [6, 6.07) is 13.9. The Kier molecular flexibility index (Phi) is 3.70. The molecular formula is C17H17NO4. The lowest BCUT2D eigenvalue weighted by molar-refractivity contribution is -0.256. The number of nitrogens with zero attached hydrogens (tertiary/aromatic N) is 1. The molecule has 0 fully saturated rings.